The Morgan fingerprint density at radius 2 is 2.22 bits per heavy atom. The lowest BCUT2D eigenvalue weighted by Gasteiger charge is -2.25. The standard InChI is InChI=1S/C15H26N4O2S2/c1-4-15(3)8-9-19(11-15)14(17-5-2)18-10-12-6-7-13(22-12)23(16,20)21/h6-7H,4-5,8-11H2,1-3H3,(H,17,18)(H2,16,20,21). The van der Waals surface area contributed by atoms with Gasteiger partial charge >= 0.3 is 0 Å². The summed E-state index contributed by atoms with van der Waals surface area (Å²) in [5.41, 5.74) is 0.347. The van der Waals surface area contributed by atoms with Crippen LogP contribution in [0, 0.1) is 5.41 Å². The summed E-state index contributed by atoms with van der Waals surface area (Å²) in [5, 5.41) is 8.48. The van der Waals surface area contributed by atoms with Gasteiger partial charge in [-0.05, 0) is 37.3 Å². The molecule has 0 aromatic carbocycles. The van der Waals surface area contributed by atoms with Crippen LogP contribution in [0.2, 0.25) is 0 Å². The topological polar surface area (TPSA) is 87.8 Å². The van der Waals surface area contributed by atoms with E-state index in [0.717, 1.165) is 36.9 Å². The maximum absolute atomic E-state index is 11.3. The largest absolute Gasteiger partial charge is 0.357 e. The number of sulfonamides is 1. The van der Waals surface area contributed by atoms with Crippen LogP contribution in [-0.4, -0.2) is 38.9 Å². The van der Waals surface area contributed by atoms with Crippen molar-refractivity contribution in [1.82, 2.24) is 10.2 Å². The predicted molar refractivity (Wildman–Crippen MR) is 95.1 cm³/mol. The van der Waals surface area contributed by atoms with E-state index >= 15 is 0 Å². The van der Waals surface area contributed by atoms with Gasteiger partial charge in [-0.1, -0.05) is 13.8 Å². The highest BCUT2D eigenvalue weighted by Crippen LogP contribution is 2.33. The number of primary sulfonamides is 1. The summed E-state index contributed by atoms with van der Waals surface area (Å²) < 4.78 is 22.9. The fourth-order valence-electron chi connectivity index (χ4n) is 2.67. The fourth-order valence-corrected chi connectivity index (χ4v) is 4.37. The molecule has 1 unspecified atom stereocenters. The first-order chi connectivity index (χ1) is 10.8. The summed E-state index contributed by atoms with van der Waals surface area (Å²) in [5.74, 6) is 0.898. The smallest absolute Gasteiger partial charge is 0.247 e. The van der Waals surface area contributed by atoms with Crippen molar-refractivity contribution in [2.45, 2.75) is 44.4 Å². The zero-order valence-corrected chi connectivity index (χ0v) is 15.6. The molecule has 6 nitrogen and oxygen atoms in total. The number of nitrogens with zero attached hydrogens (tertiary/aromatic N) is 2. The first-order valence-electron chi connectivity index (χ1n) is 7.92. The van der Waals surface area contributed by atoms with E-state index in [1.54, 1.807) is 12.1 Å². The zero-order valence-electron chi connectivity index (χ0n) is 14.0. The van der Waals surface area contributed by atoms with Crippen molar-refractivity contribution >= 4 is 27.3 Å². The molecular weight excluding hydrogens is 332 g/mol. The van der Waals surface area contributed by atoms with E-state index in [4.69, 9.17) is 5.14 Å². The molecular formula is C15H26N4O2S2. The zero-order chi connectivity index (χ0) is 17.1. The van der Waals surface area contributed by atoms with E-state index in [1.165, 1.54) is 17.8 Å². The average molecular weight is 359 g/mol. The molecule has 2 heterocycles. The number of rotatable bonds is 5. The molecule has 2 rings (SSSR count). The quantitative estimate of drug-likeness (QED) is 0.622. The van der Waals surface area contributed by atoms with Crippen LogP contribution in [0.4, 0.5) is 0 Å². The Morgan fingerprint density at radius 3 is 2.74 bits per heavy atom. The summed E-state index contributed by atoms with van der Waals surface area (Å²) in [6.07, 6.45) is 2.33. The van der Waals surface area contributed by atoms with Crippen LogP contribution < -0.4 is 10.5 Å². The molecule has 0 bridgehead atoms. The first kappa shape index (κ1) is 18.2. The summed E-state index contributed by atoms with van der Waals surface area (Å²) in [6, 6.07) is 3.32. The summed E-state index contributed by atoms with van der Waals surface area (Å²) in [4.78, 5) is 7.85. The second kappa shape index (κ2) is 7.19. The lowest BCUT2D eigenvalue weighted by atomic mass is 9.87. The normalized spacial score (nSPS) is 22.6. The molecule has 1 fully saturated rings. The Kier molecular flexibility index (Phi) is 5.70. The minimum Gasteiger partial charge on any atom is -0.357 e. The Bertz CT molecular complexity index is 669. The van der Waals surface area contributed by atoms with Crippen molar-refractivity contribution in [3.8, 4) is 0 Å². The van der Waals surface area contributed by atoms with E-state index in [2.05, 4.69) is 36.0 Å². The number of thiophene rings is 1. The minimum absolute atomic E-state index is 0.187. The van der Waals surface area contributed by atoms with Crippen molar-refractivity contribution in [1.29, 1.82) is 0 Å². The van der Waals surface area contributed by atoms with Crippen molar-refractivity contribution in [3.63, 3.8) is 0 Å². The summed E-state index contributed by atoms with van der Waals surface area (Å²) >= 11 is 1.18. The minimum atomic E-state index is -3.62. The van der Waals surface area contributed by atoms with Gasteiger partial charge in [-0.15, -0.1) is 11.3 Å². The second-order valence-electron chi connectivity index (χ2n) is 6.27. The van der Waals surface area contributed by atoms with E-state index in [9.17, 15) is 8.42 Å². The van der Waals surface area contributed by atoms with Gasteiger partial charge in [0.25, 0.3) is 0 Å². The van der Waals surface area contributed by atoms with Crippen molar-refractivity contribution in [2.75, 3.05) is 19.6 Å². The molecule has 0 aliphatic carbocycles. The van der Waals surface area contributed by atoms with Gasteiger partial charge in [0.2, 0.25) is 10.0 Å². The van der Waals surface area contributed by atoms with Gasteiger partial charge in [-0.2, -0.15) is 0 Å². The highest BCUT2D eigenvalue weighted by molar-refractivity contribution is 7.91. The molecule has 1 aliphatic heterocycles. The van der Waals surface area contributed by atoms with Gasteiger partial charge in [-0.25, -0.2) is 18.5 Å². The lowest BCUT2D eigenvalue weighted by Crippen LogP contribution is -2.40. The molecule has 3 N–H and O–H groups in total. The van der Waals surface area contributed by atoms with Crippen LogP contribution in [0.5, 0.6) is 0 Å². The molecule has 8 heteroatoms. The molecule has 130 valence electrons. The van der Waals surface area contributed by atoms with Gasteiger partial charge in [0, 0.05) is 24.5 Å². The number of guanidine groups is 1. The van der Waals surface area contributed by atoms with Crippen LogP contribution in [-0.2, 0) is 16.6 Å². The number of likely N-dealkylation sites (tertiary alicyclic amines) is 1. The third kappa shape index (κ3) is 4.68. The molecule has 0 spiro atoms. The summed E-state index contributed by atoms with van der Waals surface area (Å²) in [7, 11) is -3.62. The second-order valence-corrected chi connectivity index (χ2v) is 9.23. The Morgan fingerprint density at radius 1 is 1.48 bits per heavy atom. The van der Waals surface area contributed by atoms with Gasteiger partial charge in [0.15, 0.2) is 5.96 Å². The number of hydrogen-bond donors (Lipinski definition) is 2. The highest BCUT2D eigenvalue weighted by atomic mass is 32.2. The van der Waals surface area contributed by atoms with Crippen LogP contribution in [0.25, 0.3) is 0 Å². The van der Waals surface area contributed by atoms with Crippen molar-refractivity contribution in [3.05, 3.63) is 17.0 Å². The fraction of sp³-hybridized carbons (Fsp3) is 0.667. The molecule has 1 aromatic heterocycles. The van der Waals surface area contributed by atoms with Crippen molar-refractivity contribution < 1.29 is 8.42 Å². The van der Waals surface area contributed by atoms with Gasteiger partial charge < -0.3 is 10.2 Å². The number of nitrogens with two attached hydrogens (primary N) is 1. The summed E-state index contributed by atoms with van der Waals surface area (Å²) in [6.45, 7) is 9.87. The first-order valence-corrected chi connectivity index (χ1v) is 10.3. The average Bonchev–Trinajstić information content (AvgIpc) is 3.10. The number of hydrogen-bond acceptors (Lipinski definition) is 4. The molecule has 0 radical (unpaired) electrons. The van der Waals surface area contributed by atoms with Gasteiger partial charge in [0.1, 0.15) is 4.21 Å². The molecule has 0 amide bonds. The van der Waals surface area contributed by atoms with E-state index in [0.29, 0.717) is 12.0 Å². The molecule has 1 aliphatic rings. The molecule has 1 atom stereocenters. The highest BCUT2D eigenvalue weighted by Gasteiger charge is 2.33. The Hall–Kier alpha value is -1.12. The Labute approximate surface area is 142 Å². The number of aliphatic imine (C=N–C) groups is 1. The van der Waals surface area contributed by atoms with Crippen LogP contribution >= 0.6 is 11.3 Å². The predicted octanol–water partition coefficient (Wildman–Crippen LogP) is 1.98. The third-order valence-corrected chi connectivity index (χ3v) is 6.86. The third-order valence-electron chi connectivity index (χ3n) is 4.35. The molecule has 1 saturated heterocycles. The van der Waals surface area contributed by atoms with Crippen LogP contribution in [0.15, 0.2) is 21.3 Å². The molecule has 0 saturated carbocycles. The SMILES string of the molecule is CCNC(=NCc1ccc(S(N)(=O)=O)s1)N1CCC(C)(CC)C1. The lowest BCUT2D eigenvalue weighted by molar-refractivity contribution is 0.322. The van der Waals surface area contributed by atoms with Gasteiger partial charge in [0.05, 0.1) is 6.54 Å². The van der Waals surface area contributed by atoms with Crippen molar-refractivity contribution in [2.24, 2.45) is 15.5 Å². The Balaban J connectivity index is 2.09. The van der Waals surface area contributed by atoms with Gasteiger partial charge in [-0.3, -0.25) is 0 Å². The maximum Gasteiger partial charge on any atom is 0.247 e. The maximum atomic E-state index is 11.3. The molecule has 23 heavy (non-hydrogen) atoms. The van der Waals surface area contributed by atoms with E-state index < -0.39 is 10.0 Å². The number of nitrogens with one attached hydrogen (secondary N) is 1. The van der Waals surface area contributed by atoms with E-state index in [-0.39, 0.29) is 4.21 Å². The van der Waals surface area contributed by atoms with Crippen LogP contribution in [0.3, 0.4) is 0 Å². The van der Waals surface area contributed by atoms with E-state index in [1.807, 2.05) is 0 Å². The molecule has 1 aromatic rings. The monoisotopic (exact) mass is 358 g/mol. The van der Waals surface area contributed by atoms with Crippen LogP contribution in [0.1, 0.15) is 38.5 Å².